The Hall–Kier alpha value is -3.67. The van der Waals surface area contributed by atoms with Crippen LogP contribution in [0.4, 0.5) is 11.5 Å². The van der Waals surface area contributed by atoms with E-state index in [1.807, 2.05) is 0 Å². The zero-order valence-corrected chi connectivity index (χ0v) is 19.7. The van der Waals surface area contributed by atoms with Gasteiger partial charge in [0, 0.05) is 55.2 Å². The Morgan fingerprint density at radius 2 is 2.14 bits per heavy atom. The zero-order chi connectivity index (χ0) is 24.6. The SMILES string of the molecule is COc1ccc(Cl)cc1-c1nn(CC2(O)CCOCC2)cc1NC(=O)c1c(N)nn2cccnc12. The number of carbonyl (C=O) groups excluding carboxylic acids is 1. The molecule has 0 saturated carbocycles. The average molecular weight is 498 g/mol. The van der Waals surface area contributed by atoms with Crippen molar-refractivity contribution in [3.05, 3.63) is 53.4 Å². The quantitative estimate of drug-likeness (QED) is 0.369. The van der Waals surface area contributed by atoms with Gasteiger partial charge in [-0.3, -0.25) is 9.48 Å². The predicted octanol–water partition coefficient (Wildman–Crippen LogP) is 2.63. The summed E-state index contributed by atoms with van der Waals surface area (Å²) in [6.45, 7) is 1.16. The monoisotopic (exact) mass is 497 g/mol. The molecule has 0 unspecified atom stereocenters. The van der Waals surface area contributed by atoms with E-state index in [2.05, 4.69) is 20.5 Å². The highest BCUT2D eigenvalue weighted by atomic mass is 35.5. The molecule has 1 aliphatic rings. The van der Waals surface area contributed by atoms with E-state index in [4.69, 9.17) is 26.8 Å². The molecule has 5 rings (SSSR count). The second kappa shape index (κ2) is 9.17. The Kier molecular flexibility index (Phi) is 6.05. The van der Waals surface area contributed by atoms with Gasteiger partial charge in [0.1, 0.15) is 17.0 Å². The molecule has 0 bridgehead atoms. The van der Waals surface area contributed by atoms with E-state index >= 15 is 0 Å². The smallest absolute Gasteiger partial charge is 0.263 e. The van der Waals surface area contributed by atoms with Crippen molar-refractivity contribution < 1.29 is 19.4 Å². The van der Waals surface area contributed by atoms with Crippen LogP contribution in [0.25, 0.3) is 16.9 Å². The van der Waals surface area contributed by atoms with Gasteiger partial charge in [0.2, 0.25) is 0 Å². The number of methoxy groups -OCH3 is 1. The molecule has 11 nitrogen and oxygen atoms in total. The molecule has 0 aliphatic carbocycles. The molecule has 0 spiro atoms. The van der Waals surface area contributed by atoms with Crippen molar-refractivity contribution in [3.8, 4) is 17.0 Å². The molecular weight excluding hydrogens is 474 g/mol. The maximum Gasteiger partial charge on any atom is 0.263 e. The first-order valence-electron chi connectivity index (χ1n) is 11.0. The number of fused-ring (bicyclic) bond motifs is 1. The number of hydrogen-bond acceptors (Lipinski definition) is 8. The summed E-state index contributed by atoms with van der Waals surface area (Å²) >= 11 is 6.27. The maximum absolute atomic E-state index is 13.3. The summed E-state index contributed by atoms with van der Waals surface area (Å²) in [7, 11) is 1.54. The first kappa shape index (κ1) is 23.1. The van der Waals surface area contributed by atoms with Gasteiger partial charge in [0.25, 0.3) is 5.91 Å². The highest BCUT2D eigenvalue weighted by molar-refractivity contribution is 6.31. The first-order valence-corrected chi connectivity index (χ1v) is 11.4. The molecule has 1 saturated heterocycles. The normalized spacial score (nSPS) is 15.3. The molecule has 35 heavy (non-hydrogen) atoms. The van der Waals surface area contributed by atoms with Crippen LogP contribution in [0.3, 0.4) is 0 Å². The molecule has 3 aromatic heterocycles. The van der Waals surface area contributed by atoms with Crippen molar-refractivity contribution in [2.24, 2.45) is 0 Å². The highest BCUT2D eigenvalue weighted by Crippen LogP contribution is 2.37. The fourth-order valence-electron chi connectivity index (χ4n) is 4.18. The summed E-state index contributed by atoms with van der Waals surface area (Å²) in [6.07, 6.45) is 5.84. The number of ether oxygens (including phenoxy) is 2. The Bertz CT molecular complexity index is 1390. The molecule has 1 aliphatic heterocycles. The number of anilines is 2. The summed E-state index contributed by atoms with van der Waals surface area (Å²) < 4.78 is 13.9. The Morgan fingerprint density at radius 3 is 2.91 bits per heavy atom. The number of nitrogen functional groups attached to an aromatic ring is 1. The van der Waals surface area contributed by atoms with Crippen LogP contribution in [0.1, 0.15) is 23.2 Å². The van der Waals surface area contributed by atoms with Gasteiger partial charge in [-0.2, -0.15) is 5.10 Å². The molecule has 12 heteroatoms. The van der Waals surface area contributed by atoms with Crippen molar-refractivity contribution in [3.63, 3.8) is 0 Å². The van der Waals surface area contributed by atoms with E-state index in [9.17, 15) is 9.90 Å². The molecular formula is C23H24ClN7O4. The topological polar surface area (TPSA) is 142 Å². The number of hydrogen-bond donors (Lipinski definition) is 3. The van der Waals surface area contributed by atoms with Crippen LogP contribution in [-0.2, 0) is 11.3 Å². The number of halogens is 1. The minimum Gasteiger partial charge on any atom is -0.496 e. The molecule has 0 atom stereocenters. The van der Waals surface area contributed by atoms with Crippen LogP contribution < -0.4 is 15.8 Å². The minimum absolute atomic E-state index is 0.0481. The molecule has 4 N–H and O–H groups in total. The van der Waals surface area contributed by atoms with Crippen LogP contribution >= 0.6 is 11.6 Å². The van der Waals surface area contributed by atoms with Gasteiger partial charge >= 0.3 is 0 Å². The highest BCUT2D eigenvalue weighted by Gasteiger charge is 2.32. The summed E-state index contributed by atoms with van der Waals surface area (Å²) in [6, 6.07) is 6.82. The van der Waals surface area contributed by atoms with E-state index in [1.165, 1.54) is 11.6 Å². The average Bonchev–Trinajstić information content (AvgIpc) is 3.38. The third-order valence-electron chi connectivity index (χ3n) is 5.96. The van der Waals surface area contributed by atoms with Crippen LogP contribution in [0, 0.1) is 0 Å². The second-order valence-corrected chi connectivity index (χ2v) is 8.81. The van der Waals surface area contributed by atoms with Crippen molar-refractivity contribution in [1.82, 2.24) is 24.4 Å². The largest absolute Gasteiger partial charge is 0.496 e. The van der Waals surface area contributed by atoms with Crippen LogP contribution in [-0.4, -0.2) is 61.3 Å². The van der Waals surface area contributed by atoms with Gasteiger partial charge in [-0.1, -0.05) is 11.6 Å². The molecule has 182 valence electrons. The number of aliphatic hydroxyl groups is 1. The van der Waals surface area contributed by atoms with Crippen molar-refractivity contribution in [2.75, 3.05) is 31.4 Å². The number of amides is 1. The predicted molar refractivity (Wildman–Crippen MR) is 130 cm³/mol. The number of nitrogens with two attached hydrogens (primary N) is 1. The van der Waals surface area contributed by atoms with Gasteiger partial charge in [-0.05, 0) is 24.3 Å². The molecule has 4 heterocycles. The minimum atomic E-state index is -0.974. The van der Waals surface area contributed by atoms with E-state index in [0.29, 0.717) is 59.4 Å². The Labute approximate surface area is 205 Å². The molecule has 0 radical (unpaired) electrons. The second-order valence-electron chi connectivity index (χ2n) is 8.37. The number of nitrogens with one attached hydrogen (secondary N) is 1. The van der Waals surface area contributed by atoms with Crippen molar-refractivity contribution in [2.45, 2.75) is 25.0 Å². The third kappa shape index (κ3) is 4.53. The summed E-state index contributed by atoms with van der Waals surface area (Å²) in [5.41, 5.74) is 6.93. The van der Waals surface area contributed by atoms with Crippen LogP contribution in [0.5, 0.6) is 5.75 Å². The number of benzene rings is 1. The standard InChI is InChI=1S/C23H24ClN7O4/c1-34-17-4-3-14(24)11-15(17)19-16(12-30(28-19)13-23(33)5-9-35-10-6-23)27-22(32)18-20(25)29-31-8-2-7-26-21(18)31/h2-4,7-8,11-12,33H,5-6,9-10,13H2,1H3,(H2,25,29)(H,27,32). The maximum atomic E-state index is 13.3. The van der Waals surface area contributed by atoms with Crippen molar-refractivity contribution >= 4 is 34.7 Å². The van der Waals surface area contributed by atoms with Gasteiger partial charge in [0.05, 0.1) is 24.9 Å². The van der Waals surface area contributed by atoms with Gasteiger partial charge in [-0.15, -0.1) is 5.10 Å². The molecule has 4 aromatic rings. The zero-order valence-electron chi connectivity index (χ0n) is 18.9. The Morgan fingerprint density at radius 1 is 1.34 bits per heavy atom. The fourth-order valence-corrected chi connectivity index (χ4v) is 4.35. The Balaban J connectivity index is 1.56. The van der Waals surface area contributed by atoms with Gasteiger partial charge in [0.15, 0.2) is 11.5 Å². The fraction of sp³-hybridized carbons (Fsp3) is 0.304. The number of nitrogens with zero attached hydrogens (tertiary/aromatic N) is 5. The van der Waals surface area contributed by atoms with Crippen LogP contribution in [0.2, 0.25) is 5.02 Å². The van der Waals surface area contributed by atoms with Gasteiger partial charge in [-0.25, -0.2) is 9.50 Å². The lowest BCUT2D eigenvalue weighted by Gasteiger charge is -2.31. The number of carbonyl (C=O) groups is 1. The van der Waals surface area contributed by atoms with E-state index in [1.54, 1.807) is 47.5 Å². The lowest BCUT2D eigenvalue weighted by atomic mass is 9.94. The van der Waals surface area contributed by atoms with E-state index in [-0.39, 0.29) is 17.9 Å². The summed E-state index contributed by atoms with van der Waals surface area (Å²) in [4.78, 5) is 17.6. The van der Waals surface area contributed by atoms with Gasteiger partial charge < -0.3 is 25.6 Å². The first-order chi connectivity index (χ1) is 16.9. The lowest BCUT2D eigenvalue weighted by Crippen LogP contribution is -2.40. The number of rotatable bonds is 6. The molecule has 1 aromatic carbocycles. The molecule has 1 amide bonds. The number of aromatic nitrogens is 5. The summed E-state index contributed by atoms with van der Waals surface area (Å²) in [5, 5.41) is 23.2. The lowest BCUT2D eigenvalue weighted by molar-refractivity contribution is -0.0744. The van der Waals surface area contributed by atoms with E-state index in [0.717, 1.165) is 0 Å². The third-order valence-corrected chi connectivity index (χ3v) is 6.19. The van der Waals surface area contributed by atoms with E-state index < -0.39 is 11.5 Å². The van der Waals surface area contributed by atoms with Crippen LogP contribution in [0.15, 0.2) is 42.9 Å². The van der Waals surface area contributed by atoms with Crippen molar-refractivity contribution in [1.29, 1.82) is 0 Å². The summed E-state index contributed by atoms with van der Waals surface area (Å²) in [5.74, 6) is 0.0758. The molecule has 1 fully saturated rings.